The van der Waals surface area contributed by atoms with Crippen LogP contribution >= 0.6 is 7.80 Å². The van der Waals surface area contributed by atoms with Gasteiger partial charge in [-0.2, -0.15) is 0 Å². The zero-order valence-electron chi connectivity index (χ0n) is 9.86. The maximum absolute atomic E-state index is 11.4. The lowest BCUT2D eigenvalue weighted by Crippen LogP contribution is -2.14. The molecule has 0 N–H and O–H groups in total. The van der Waals surface area contributed by atoms with E-state index >= 15 is 0 Å². The molecule has 15 heavy (non-hydrogen) atoms. The second kappa shape index (κ2) is 7.77. The van der Waals surface area contributed by atoms with Gasteiger partial charge in [0.2, 0.25) is 6.16 Å². The van der Waals surface area contributed by atoms with Crippen LogP contribution in [0, 0.1) is 0 Å². The minimum atomic E-state index is -1.53. The molecular weight excluding hydrogens is 215 g/mol. The first-order chi connectivity index (χ1) is 6.91. The van der Waals surface area contributed by atoms with E-state index in [9.17, 15) is 9.36 Å². The standard InChI is InChI=1S/C10H20O4P/c1-8(2)13-5-6-15(12)7-10(11)14-9(3)4/h8-9H,5-7H2,1-4H3/q+1. The van der Waals surface area contributed by atoms with Crippen molar-refractivity contribution in [3.8, 4) is 0 Å². The second-order valence-corrected chi connectivity index (χ2v) is 5.55. The average Bonchev–Trinajstić information content (AvgIpc) is 2.00. The van der Waals surface area contributed by atoms with Crippen LogP contribution in [-0.4, -0.2) is 37.1 Å². The van der Waals surface area contributed by atoms with E-state index in [4.69, 9.17) is 9.47 Å². The average molecular weight is 235 g/mol. The van der Waals surface area contributed by atoms with Crippen LogP contribution in [0.2, 0.25) is 0 Å². The lowest BCUT2D eigenvalue weighted by atomic mass is 10.5. The van der Waals surface area contributed by atoms with Crippen molar-refractivity contribution in [2.75, 3.05) is 18.9 Å². The molecule has 0 bridgehead atoms. The third-order valence-corrected chi connectivity index (χ3v) is 2.76. The Morgan fingerprint density at radius 2 is 1.80 bits per heavy atom. The number of rotatable bonds is 7. The molecule has 0 rings (SSSR count). The molecule has 0 radical (unpaired) electrons. The molecule has 0 aliphatic carbocycles. The summed E-state index contributed by atoms with van der Waals surface area (Å²) in [5.74, 6) is -0.393. The van der Waals surface area contributed by atoms with Gasteiger partial charge in [0.25, 0.3) is 0 Å². The normalized spacial score (nSPS) is 12.0. The van der Waals surface area contributed by atoms with Gasteiger partial charge in [0, 0.05) is 0 Å². The molecule has 1 unspecified atom stereocenters. The van der Waals surface area contributed by atoms with Gasteiger partial charge in [0.05, 0.1) is 18.8 Å². The van der Waals surface area contributed by atoms with Crippen molar-refractivity contribution < 1.29 is 18.8 Å². The van der Waals surface area contributed by atoms with Gasteiger partial charge in [0.15, 0.2) is 6.16 Å². The highest BCUT2D eigenvalue weighted by molar-refractivity contribution is 7.45. The summed E-state index contributed by atoms with van der Waals surface area (Å²) in [4.78, 5) is 11.1. The van der Waals surface area contributed by atoms with Crippen LogP contribution in [-0.2, 0) is 18.8 Å². The maximum Gasteiger partial charge on any atom is 0.355 e. The molecule has 0 aromatic carbocycles. The summed E-state index contributed by atoms with van der Waals surface area (Å²) in [7, 11) is -1.53. The van der Waals surface area contributed by atoms with Gasteiger partial charge < -0.3 is 9.47 Å². The quantitative estimate of drug-likeness (QED) is 0.501. The Hall–Kier alpha value is -0.470. The molecule has 4 nitrogen and oxygen atoms in total. The maximum atomic E-state index is 11.4. The summed E-state index contributed by atoms with van der Waals surface area (Å²) in [6, 6.07) is 0. The van der Waals surface area contributed by atoms with Gasteiger partial charge in [-0.1, -0.05) is 4.57 Å². The number of esters is 1. The number of hydrogen-bond acceptors (Lipinski definition) is 4. The van der Waals surface area contributed by atoms with Crippen molar-refractivity contribution in [1.82, 2.24) is 0 Å². The third kappa shape index (κ3) is 9.83. The van der Waals surface area contributed by atoms with Crippen LogP contribution in [0.5, 0.6) is 0 Å². The zero-order chi connectivity index (χ0) is 11.8. The zero-order valence-corrected chi connectivity index (χ0v) is 10.8. The van der Waals surface area contributed by atoms with Crippen molar-refractivity contribution in [2.24, 2.45) is 0 Å². The summed E-state index contributed by atoms with van der Waals surface area (Å²) in [6.07, 6.45) is 0.402. The molecule has 0 aromatic rings. The molecule has 5 heteroatoms. The molecule has 0 heterocycles. The summed E-state index contributed by atoms with van der Waals surface area (Å²) < 4.78 is 21.5. The minimum Gasteiger partial charge on any atom is -0.460 e. The van der Waals surface area contributed by atoms with E-state index in [2.05, 4.69) is 0 Å². The van der Waals surface area contributed by atoms with Crippen LogP contribution in [0.3, 0.4) is 0 Å². The molecule has 0 fully saturated rings. The van der Waals surface area contributed by atoms with Gasteiger partial charge in [-0.05, 0) is 27.7 Å². The largest absolute Gasteiger partial charge is 0.460 e. The first-order valence-electron chi connectivity index (χ1n) is 5.15. The van der Waals surface area contributed by atoms with Gasteiger partial charge in [-0.3, -0.25) is 0 Å². The fourth-order valence-electron chi connectivity index (χ4n) is 0.913. The third-order valence-electron chi connectivity index (χ3n) is 1.46. The van der Waals surface area contributed by atoms with E-state index in [0.717, 1.165) is 0 Å². The predicted molar refractivity (Wildman–Crippen MR) is 59.7 cm³/mol. The summed E-state index contributed by atoms with van der Waals surface area (Å²) >= 11 is 0. The van der Waals surface area contributed by atoms with Gasteiger partial charge in [0.1, 0.15) is 0 Å². The van der Waals surface area contributed by atoms with Crippen molar-refractivity contribution in [3.63, 3.8) is 0 Å². The highest BCUT2D eigenvalue weighted by Crippen LogP contribution is 2.20. The van der Waals surface area contributed by atoms with Gasteiger partial charge >= 0.3 is 13.8 Å². The lowest BCUT2D eigenvalue weighted by Gasteiger charge is -2.04. The summed E-state index contributed by atoms with van der Waals surface area (Å²) in [5, 5.41) is 0. The molecule has 1 atom stereocenters. The minimum absolute atomic E-state index is 0.00499. The Bertz CT molecular complexity index is 213. The highest BCUT2D eigenvalue weighted by Gasteiger charge is 2.22. The van der Waals surface area contributed by atoms with Crippen LogP contribution in [0.25, 0.3) is 0 Å². The Balaban J connectivity index is 3.60. The molecule has 0 saturated heterocycles. The molecule has 0 aromatic heterocycles. The first-order valence-corrected chi connectivity index (χ1v) is 6.78. The van der Waals surface area contributed by atoms with Crippen LogP contribution in [0.15, 0.2) is 0 Å². The number of carbonyl (C=O) groups is 1. The summed E-state index contributed by atoms with van der Waals surface area (Å²) in [5.41, 5.74) is 0. The smallest absolute Gasteiger partial charge is 0.355 e. The number of ether oxygens (including phenoxy) is 2. The highest BCUT2D eigenvalue weighted by atomic mass is 31.1. The van der Waals surface area contributed by atoms with Crippen LogP contribution < -0.4 is 0 Å². The Morgan fingerprint density at radius 1 is 1.20 bits per heavy atom. The molecular formula is C10H20O4P+. The monoisotopic (exact) mass is 235 g/mol. The second-order valence-electron chi connectivity index (χ2n) is 3.82. The SMILES string of the molecule is CC(C)OCC[P+](=O)CC(=O)OC(C)C. The van der Waals surface area contributed by atoms with E-state index < -0.39 is 13.8 Å². The van der Waals surface area contributed by atoms with Gasteiger partial charge in [-0.25, -0.2) is 4.79 Å². The van der Waals surface area contributed by atoms with E-state index in [1.165, 1.54) is 0 Å². The molecule has 0 amide bonds. The first kappa shape index (κ1) is 14.5. The molecule has 0 aliphatic heterocycles. The van der Waals surface area contributed by atoms with Crippen molar-refractivity contribution in [2.45, 2.75) is 39.9 Å². The summed E-state index contributed by atoms with van der Waals surface area (Å²) in [6.45, 7) is 7.81. The molecule has 0 saturated carbocycles. The molecule has 88 valence electrons. The van der Waals surface area contributed by atoms with Crippen LogP contribution in [0.1, 0.15) is 27.7 Å². The Labute approximate surface area is 92.1 Å². The fraction of sp³-hybridized carbons (Fsp3) is 0.900. The predicted octanol–water partition coefficient (Wildman–Crippen LogP) is 2.19. The van der Waals surface area contributed by atoms with E-state index in [1.807, 2.05) is 13.8 Å². The topological polar surface area (TPSA) is 52.6 Å². The number of carbonyl (C=O) groups excluding carboxylic acids is 1. The molecule has 0 spiro atoms. The lowest BCUT2D eigenvalue weighted by molar-refractivity contribution is -0.144. The molecule has 0 aliphatic rings. The van der Waals surface area contributed by atoms with Gasteiger partial charge in [-0.15, -0.1) is 0 Å². The van der Waals surface area contributed by atoms with Crippen LogP contribution in [0.4, 0.5) is 0 Å². The van der Waals surface area contributed by atoms with E-state index in [-0.39, 0.29) is 18.4 Å². The van der Waals surface area contributed by atoms with E-state index in [0.29, 0.717) is 12.8 Å². The number of hydrogen-bond donors (Lipinski definition) is 0. The Kier molecular flexibility index (Phi) is 7.53. The van der Waals surface area contributed by atoms with E-state index in [1.54, 1.807) is 13.8 Å². The Morgan fingerprint density at radius 3 is 2.27 bits per heavy atom. The van der Waals surface area contributed by atoms with Crippen molar-refractivity contribution in [3.05, 3.63) is 0 Å². The van der Waals surface area contributed by atoms with Crippen molar-refractivity contribution >= 4 is 13.8 Å². The van der Waals surface area contributed by atoms with Crippen molar-refractivity contribution in [1.29, 1.82) is 0 Å². The fourth-order valence-corrected chi connectivity index (χ4v) is 1.74.